The first-order valence-electron chi connectivity index (χ1n) is 7.36. The van der Waals surface area contributed by atoms with E-state index in [1.165, 1.54) is 5.56 Å². The largest absolute Gasteiger partial charge is 0.491 e. The summed E-state index contributed by atoms with van der Waals surface area (Å²) in [6, 6.07) is 6.17. The van der Waals surface area contributed by atoms with Gasteiger partial charge < -0.3 is 24.8 Å². The molecule has 2 N–H and O–H groups in total. The van der Waals surface area contributed by atoms with Crippen molar-refractivity contribution in [2.75, 3.05) is 47.6 Å². The summed E-state index contributed by atoms with van der Waals surface area (Å²) in [5.41, 5.74) is 2.25. The summed E-state index contributed by atoms with van der Waals surface area (Å²) < 4.78 is 15.8. The van der Waals surface area contributed by atoms with Crippen LogP contribution in [-0.4, -0.2) is 53.6 Å². The second kappa shape index (κ2) is 10.9. The van der Waals surface area contributed by atoms with Crippen LogP contribution in [0, 0.1) is 6.92 Å². The van der Waals surface area contributed by atoms with Crippen LogP contribution >= 0.6 is 0 Å². The summed E-state index contributed by atoms with van der Waals surface area (Å²) in [5, 5.41) is 6.44. The number of nitrogens with one attached hydrogen (secondary N) is 2. The highest BCUT2D eigenvalue weighted by atomic mass is 16.5. The topological polar surface area (TPSA) is 64.1 Å². The van der Waals surface area contributed by atoms with Crippen molar-refractivity contribution in [2.24, 2.45) is 4.99 Å². The Hall–Kier alpha value is -1.79. The molecule has 124 valence electrons. The third-order valence-corrected chi connectivity index (χ3v) is 3.04. The van der Waals surface area contributed by atoms with E-state index in [1.807, 2.05) is 13.0 Å². The molecule has 0 aliphatic heterocycles. The Morgan fingerprint density at radius 1 is 1.09 bits per heavy atom. The molecule has 0 atom stereocenters. The molecule has 0 amide bonds. The van der Waals surface area contributed by atoms with E-state index >= 15 is 0 Å². The molecule has 0 radical (unpaired) electrons. The fourth-order valence-electron chi connectivity index (χ4n) is 1.85. The number of benzene rings is 1. The summed E-state index contributed by atoms with van der Waals surface area (Å²) in [4.78, 5) is 4.18. The van der Waals surface area contributed by atoms with E-state index < -0.39 is 0 Å². The van der Waals surface area contributed by atoms with Gasteiger partial charge in [-0.3, -0.25) is 4.99 Å². The number of guanidine groups is 1. The van der Waals surface area contributed by atoms with Gasteiger partial charge in [0.2, 0.25) is 0 Å². The predicted molar refractivity (Wildman–Crippen MR) is 88.6 cm³/mol. The Labute approximate surface area is 132 Å². The Kier molecular flexibility index (Phi) is 9.02. The number of nitrogens with zero attached hydrogens (tertiary/aromatic N) is 1. The summed E-state index contributed by atoms with van der Waals surface area (Å²) in [6.07, 6.45) is 0. The Bertz CT molecular complexity index is 464. The lowest BCUT2D eigenvalue weighted by Gasteiger charge is -2.15. The molecule has 1 aromatic rings. The molecule has 0 saturated carbocycles. The van der Waals surface area contributed by atoms with Crippen LogP contribution < -0.4 is 15.4 Å². The van der Waals surface area contributed by atoms with E-state index in [9.17, 15) is 0 Å². The molecule has 22 heavy (non-hydrogen) atoms. The van der Waals surface area contributed by atoms with E-state index in [0.29, 0.717) is 32.9 Å². The number of hydrogen-bond donors (Lipinski definition) is 2. The zero-order valence-corrected chi connectivity index (χ0v) is 13.9. The van der Waals surface area contributed by atoms with Gasteiger partial charge in [-0.25, -0.2) is 0 Å². The van der Waals surface area contributed by atoms with E-state index in [2.05, 4.69) is 27.8 Å². The third kappa shape index (κ3) is 6.78. The minimum absolute atomic E-state index is 0.535. The number of ether oxygens (including phenoxy) is 3. The van der Waals surface area contributed by atoms with Crippen molar-refractivity contribution in [2.45, 2.75) is 13.5 Å². The SMILES string of the molecule is CN=C(NCCOC)NCc1ccc(C)cc1OCCOC. The molecule has 6 heteroatoms. The zero-order valence-electron chi connectivity index (χ0n) is 13.9. The average molecular weight is 309 g/mol. The zero-order chi connectivity index (χ0) is 16.2. The van der Waals surface area contributed by atoms with Crippen molar-refractivity contribution in [3.8, 4) is 5.75 Å². The normalized spacial score (nSPS) is 11.4. The van der Waals surface area contributed by atoms with Crippen LogP contribution in [0.5, 0.6) is 5.75 Å². The number of aliphatic imine (C=N–C) groups is 1. The summed E-state index contributed by atoms with van der Waals surface area (Å²) in [6.45, 7) is 5.13. The fraction of sp³-hybridized carbons (Fsp3) is 0.562. The summed E-state index contributed by atoms with van der Waals surface area (Å²) in [5.74, 6) is 1.61. The minimum atomic E-state index is 0.535. The van der Waals surface area contributed by atoms with Gasteiger partial charge in [-0.2, -0.15) is 0 Å². The minimum Gasteiger partial charge on any atom is -0.491 e. The van der Waals surface area contributed by atoms with Crippen molar-refractivity contribution in [3.05, 3.63) is 29.3 Å². The van der Waals surface area contributed by atoms with Crippen LogP contribution in [0.1, 0.15) is 11.1 Å². The van der Waals surface area contributed by atoms with Crippen molar-refractivity contribution >= 4 is 5.96 Å². The van der Waals surface area contributed by atoms with Crippen LogP contribution in [0.15, 0.2) is 23.2 Å². The molecule has 0 aliphatic rings. The van der Waals surface area contributed by atoms with Crippen LogP contribution in [0.25, 0.3) is 0 Å². The fourth-order valence-corrected chi connectivity index (χ4v) is 1.85. The Morgan fingerprint density at radius 2 is 1.86 bits per heavy atom. The molecule has 1 aromatic carbocycles. The standard InChI is InChI=1S/C16H27N3O3/c1-13-5-6-14(15(11-13)22-10-9-21-4)12-19-16(17-2)18-7-8-20-3/h5-6,11H,7-10,12H2,1-4H3,(H2,17,18,19). The van der Waals surface area contributed by atoms with Gasteiger partial charge in [0.25, 0.3) is 0 Å². The van der Waals surface area contributed by atoms with Crippen molar-refractivity contribution in [3.63, 3.8) is 0 Å². The third-order valence-electron chi connectivity index (χ3n) is 3.04. The highest BCUT2D eigenvalue weighted by Crippen LogP contribution is 2.20. The molecule has 0 unspecified atom stereocenters. The number of methoxy groups -OCH3 is 2. The summed E-state index contributed by atoms with van der Waals surface area (Å²) >= 11 is 0. The Balaban J connectivity index is 2.59. The van der Waals surface area contributed by atoms with Gasteiger partial charge in [0.05, 0.1) is 13.2 Å². The molecule has 0 aliphatic carbocycles. The van der Waals surface area contributed by atoms with Gasteiger partial charge in [-0.1, -0.05) is 12.1 Å². The van der Waals surface area contributed by atoms with E-state index in [1.54, 1.807) is 21.3 Å². The molecular weight excluding hydrogens is 282 g/mol. The lowest BCUT2D eigenvalue weighted by Crippen LogP contribution is -2.38. The van der Waals surface area contributed by atoms with Crippen molar-refractivity contribution in [1.82, 2.24) is 10.6 Å². The van der Waals surface area contributed by atoms with Crippen molar-refractivity contribution in [1.29, 1.82) is 0 Å². The molecule has 0 heterocycles. The number of aryl methyl sites for hydroxylation is 1. The first-order valence-corrected chi connectivity index (χ1v) is 7.36. The summed E-state index contributed by atoms with van der Waals surface area (Å²) in [7, 11) is 5.08. The second-order valence-electron chi connectivity index (χ2n) is 4.80. The first kappa shape index (κ1) is 18.3. The molecule has 0 fully saturated rings. The van der Waals surface area contributed by atoms with Crippen LogP contribution in [0.3, 0.4) is 0 Å². The number of rotatable bonds is 9. The lowest BCUT2D eigenvalue weighted by molar-refractivity contribution is 0.145. The highest BCUT2D eigenvalue weighted by molar-refractivity contribution is 5.79. The number of hydrogen-bond acceptors (Lipinski definition) is 4. The van der Waals surface area contributed by atoms with Gasteiger partial charge in [-0.15, -0.1) is 0 Å². The maximum Gasteiger partial charge on any atom is 0.191 e. The van der Waals surface area contributed by atoms with Gasteiger partial charge in [-0.05, 0) is 18.6 Å². The van der Waals surface area contributed by atoms with E-state index in [4.69, 9.17) is 14.2 Å². The van der Waals surface area contributed by atoms with Gasteiger partial charge in [0.15, 0.2) is 5.96 Å². The molecule has 0 saturated heterocycles. The average Bonchev–Trinajstić information content (AvgIpc) is 2.52. The van der Waals surface area contributed by atoms with Crippen molar-refractivity contribution < 1.29 is 14.2 Å². The second-order valence-corrected chi connectivity index (χ2v) is 4.80. The maximum atomic E-state index is 5.78. The van der Waals surface area contributed by atoms with Gasteiger partial charge >= 0.3 is 0 Å². The predicted octanol–water partition coefficient (Wildman–Crippen LogP) is 1.33. The van der Waals surface area contributed by atoms with E-state index in [0.717, 1.165) is 17.3 Å². The lowest BCUT2D eigenvalue weighted by atomic mass is 10.1. The van der Waals surface area contributed by atoms with Crippen LogP contribution in [0.4, 0.5) is 0 Å². The molecule has 0 spiro atoms. The molecule has 0 bridgehead atoms. The Morgan fingerprint density at radius 3 is 2.55 bits per heavy atom. The van der Waals surface area contributed by atoms with E-state index in [-0.39, 0.29) is 0 Å². The molecule has 0 aromatic heterocycles. The molecule has 6 nitrogen and oxygen atoms in total. The molecular formula is C16H27N3O3. The smallest absolute Gasteiger partial charge is 0.191 e. The first-order chi connectivity index (χ1) is 10.7. The van der Waals surface area contributed by atoms with Crippen LogP contribution in [-0.2, 0) is 16.0 Å². The van der Waals surface area contributed by atoms with Gasteiger partial charge in [0, 0.05) is 39.9 Å². The highest BCUT2D eigenvalue weighted by Gasteiger charge is 2.06. The molecule has 1 rings (SSSR count). The van der Waals surface area contributed by atoms with Gasteiger partial charge in [0.1, 0.15) is 12.4 Å². The monoisotopic (exact) mass is 309 g/mol. The maximum absolute atomic E-state index is 5.78. The van der Waals surface area contributed by atoms with Crippen LogP contribution in [0.2, 0.25) is 0 Å². The quantitative estimate of drug-likeness (QED) is 0.409.